The van der Waals surface area contributed by atoms with Crippen LogP contribution < -0.4 is 5.32 Å². The highest BCUT2D eigenvalue weighted by atomic mass is 16.5. The van der Waals surface area contributed by atoms with Crippen molar-refractivity contribution in [2.45, 2.75) is 411 Å². The van der Waals surface area contributed by atoms with E-state index in [0.717, 1.165) is 51.4 Å². The van der Waals surface area contributed by atoms with Crippen LogP contribution in [-0.2, 0) is 14.3 Å². The third-order valence-corrected chi connectivity index (χ3v) is 16.8. The van der Waals surface area contributed by atoms with Crippen LogP contribution in [0, 0.1) is 0 Å². The van der Waals surface area contributed by atoms with Crippen molar-refractivity contribution in [3.05, 3.63) is 24.3 Å². The molecule has 0 aliphatic carbocycles. The minimum atomic E-state index is -0.662. The van der Waals surface area contributed by atoms with Gasteiger partial charge in [0.15, 0.2) is 0 Å². The topological polar surface area (TPSA) is 95.9 Å². The second-order valence-electron chi connectivity index (χ2n) is 24.6. The van der Waals surface area contributed by atoms with Gasteiger partial charge in [0.05, 0.1) is 25.4 Å². The summed E-state index contributed by atoms with van der Waals surface area (Å²) in [4.78, 5) is 24.6. The van der Waals surface area contributed by atoms with Gasteiger partial charge in [-0.25, -0.2) is 0 Å². The van der Waals surface area contributed by atoms with E-state index in [1.165, 1.54) is 315 Å². The summed E-state index contributed by atoms with van der Waals surface area (Å²) in [7, 11) is 0. The van der Waals surface area contributed by atoms with Crippen molar-refractivity contribution in [1.82, 2.24) is 5.32 Å². The zero-order chi connectivity index (χ0) is 56.4. The van der Waals surface area contributed by atoms with Gasteiger partial charge < -0.3 is 20.3 Å². The van der Waals surface area contributed by atoms with Crippen LogP contribution >= 0.6 is 0 Å². The van der Waals surface area contributed by atoms with Gasteiger partial charge in [0.25, 0.3) is 0 Å². The SMILES string of the molecule is CCCCCC/C=C\C/C=C\CCCCCCCC(=O)OCCCCCCCCCCCCCCCCCCCCCCCCCCCCCCC(=O)NC(CO)C(O)CCCCCCCCCCCCCCCCCCC. The van der Waals surface area contributed by atoms with Crippen LogP contribution in [0.4, 0.5) is 0 Å². The van der Waals surface area contributed by atoms with Crippen molar-refractivity contribution in [1.29, 1.82) is 0 Å². The molecule has 6 heteroatoms. The van der Waals surface area contributed by atoms with Crippen LogP contribution in [-0.4, -0.2) is 47.4 Å². The van der Waals surface area contributed by atoms with Crippen molar-refractivity contribution < 1.29 is 24.5 Å². The van der Waals surface area contributed by atoms with Crippen LogP contribution in [0.25, 0.3) is 0 Å². The molecular formula is C72H139NO5. The molecule has 0 rings (SSSR count). The first-order valence-electron chi connectivity index (χ1n) is 35.6. The fourth-order valence-electron chi connectivity index (χ4n) is 11.3. The molecule has 0 saturated carbocycles. The Bertz CT molecular complexity index is 1220. The lowest BCUT2D eigenvalue weighted by Gasteiger charge is -2.22. The number of esters is 1. The van der Waals surface area contributed by atoms with Gasteiger partial charge in [-0.3, -0.25) is 9.59 Å². The number of unbranched alkanes of at least 4 members (excludes halogenated alkanes) is 52. The number of hydrogen-bond donors (Lipinski definition) is 3. The summed E-state index contributed by atoms with van der Waals surface area (Å²) < 4.78 is 5.49. The number of hydrogen-bond acceptors (Lipinski definition) is 5. The maximum atomic E-state index is 12.5. The Morgan fingerprint density at radius 3 is 0.987 bits per heavy atom. The summed E-state index contributed by atoms with van der Waals surface area (Å²) in [5.41, 5.74) is 0. The van der Waals surface area contributed by atoms with Crippen molar-refractivity contribution in [3.8, 4) is 0 Å². The van der Waals surface area contributed by atoms with Crippen molar-refractivity contribution in [3.63, 3.8) is 0 Å². The van der Waals surface area contributed by atoms with Gasteiger partial charge in [0, 0.05) is 12.8 Å². The molecule has 3 N–H and O–H groups in total. The molecule has 0 aromatic carbocycles. The first kappa shape index (κ1) is 76.3. The van der Waals surface area contributed by atoms with Gasteiger partial charge in [0.2, 0.25) is 5.91 Å². The molecule has 0 bridgehead atoms. The molecular weight excluding hydrogens is 959 g/mol. The fourth-order valence-corrected chi connectivity index (χ4v) is 11.3. The van der Waals surface area contributed by atoms with E-state index in [2.05, 4.69) is 43.5 Å². The van der Waals surface area contributed by atoms with Gasteiger partial charge in [-0.05, 0) is 57.8 Å². The highest BCUT2D eigenvalue weighted by molar-refractivity contribution is 5.76. The predicted octanol–water partition coefficient (Wildman–Crippen LogP) is 22.9. The molecule has 462 valence electrons. The van der Waals surface area contributed by atoms with Gasteiger partial charge in [-0.2, -0.15) is 0 Å². The highest BCUT2D eigenvalue weighted by Crippen LogP contribution is 2.19. The van der Waals surface area contributed by atoms with E-state index in [1.807, 2.05) is 0 Å². The number of rotatable bonds is 67. The third-order valence-electron chi connectivity index (χ3n) is 16.8. The number of aliphatic hydroxyl groups is 2. The summed E-state index contributed by atoms with van der Waals surface area (Å²) in [5, 5.41) is 23.4. The Morgan fingerprint density at radius 1 is 0.359 bits per heavy atom. The molecule has 2 unspecified atom stereocenters. The fraction of sp³-hybridized carbons (Fsp3) is 0.917. The smallest absolute Gasteiger partial charge is 0.305 e. The zero-order valence-corrected chi connectivity index (χ0v) is 52.9. The number of aliphatic hydroxyl groups excluding tert-OH is 2. The average Bonchev–Trinajstić information content (AvgIpc) is 3.44. The van der Waals surface area contributed by atoms with E-state index in [0.29, 0.717) is 25.9 Å². The van der Waals surface area contributed by atoms with Crippen molar-refractivity contribution in [2.24, 2.45) is 0 Å². The lowest BCUT2D eigenvalue weighted by Crippen LogP contribution is -2.45. The number of carbonyl (C=O) groups excluding carboxylic acids is 2. The maximum Gasteiger partial charge on any atom is 0.305 e. The Balaban J connectivity index is 3.34. The second kappa shape index (κ2) is 67.8. The predicted molar refractivity (Wildman–Crippen MR) is 343 cm³/mol. The van der Waals surface area contributed by atoms with E-state index in [4.69, 9.17) is 4.74 Å². The van der Waals surface area contributed by atoms with Gasteiger partial charge in [-0.1, -0.05) is 353 Å². The Kier molecular flexibility index (Phi) is 66.4. The minimum absolute atomic E-state index is 0.00604. The largest absolute Gasteiger partial charge is 0.466 e. The quantitative estimate of drug-likeness (QED) is 0.0320. The van der Waals surface area contributed by atoms with E-state index in [9.17, 15) is 19.8 Å². The third kappa shape index (κ3) is 63.5. The van der Waals surface area contributed by atoms with Gasteiger partial charge in [-0.15, -0.1) is 0 Å². The van der Waals surface area contributed by atoms with Gasteiger partial charge in [0.1, 0.15) is 0 Å². The normalized spacial score (nSPS) is 12.6. The maximum absolute atomic E-state index is 12.5. The molecule has 1 amide bonds. The first-order chi connectivity index (χ1) is 38.5. The molecule has 0 spiro atoms. The molecule has 0 saturated heterocycles. The Labute approximate surface area is 488 Å². The minimum Gasteiger partial charge on any atom is -0.466 e. The molecule has 0 fully saturated rings. The van der Waals surface area contributed by atoms with Crippen molar-refractivity contribution >= 4 is 11.9 Å². The standard InChI is InChI=1S/C72H139NO5/c1-3-5-7-9-11-13-15-17-19-33-36-40-44-48-52-56-60-64-70(75)69(68-74)73-71(76)65-61-57-53-49-45-41-37-34-31-29-27-25-23-21-22-24-26-28-30-32-35-39-43-47-51-55-59-63-67-78-72(77)66-62-58-54-50-46-42-38-20-18-16-14-12-10-8-6-4-2/h14,16,20,38,69-70,74-75H,3-13,15,17-19,21-37,39-68H2,1-2H3,(H,73,76)/b16-14-,38-20-. The molecule has 0 aromatic rings. The molecule has 0 aliphatic heterocycles. The van der Waals surface area contributed by atoms with E-state index in [1.54, 1.807) is 0 Å². The van der Waals surface area contributed by atoms with Crippen LogP contribution in [0.1, 0.15) is 399 Å². The van der Waals surface area contributed by atoms with E-state index in [-0.39, 0.29) is 18.5 Å². The number of ether oxygens (including phenoxy) is 1. The summed E-state index contributed by atoms with van der Waals surface area (Å²) in [6, 6.07) is -0.539. The molecule has 78 heavy (non-hydrogen) atoms. The average molecular weight is 1100 g/mol. The zero-order valence-electron chi connectivity index (χ0n) is 52.9. The lowest BCUT2D eigenvalue weighted by molar-refractivity contribution is -0.143. The van der Waals surface area contributed by atoms with Crippen LogP contribution in [0.2, 0.25) is 0 Å². The monoisotopic (exact) mass is 1100 g/mol. The van der Waals surface area contributed by atoms with Crippen LogP contribution in [0.15, 0.2) is 24.3 Å². The number of carbonyl (C=O) groups is 2. The number of nitrogens with one attached hydrogen (secondary N) is 1. The van der Waals surface area contributed by atoms with Gasteiger partial charge >= 0.3 is 5.97 Å². The van der Waals surface area contributed by atoms with E-state index >= 15 is 0 Å². The summed E-state index contributed by atoms with van der Waals surface area (Å²) in [5.74, 6) is -0.0222. The first-order valence-corrected chi connectivity index (χ1v) is 35.6. The molecule has 6 nitrogen and oxygen atoms in total. The summed E-state index contributed by atoms with van der Waals surface area (Å²) in [6.07, 6.45) is 85.1. The molecule has 0 radical (unpaired) electrons. The Morgan fingerprint density at radius 2 is 0.641 bits per heavy atom. The molecule has 2 atom stereocenters. The molecule has 0 aromatic heterocycles. The number of allylic oxidation sites excluding steroid dienone is 4. The Hall–Kier alpha value is -1.66. The second-order valence-corrected chi connectivity index (χ2v) is 24.6. The van der Waals surface area contributed by atoms with Crippen LogP contribution in [0.3, 0.4) is 0 Å². The highest BCUT2D eigenvalue weighted by Gasteiger charge is 2.20. The summed E-state index contributed by atoms with van der Waals surface area (Å²) in [6.45, 7) is 4.97. The molecule has 0 heterocycles. The molecule has 0 aliphatic rings. The summed E-state index contributed by atoms with van der Waals surface area (Å²) >= 11 is 0. The van der Waals surface area contributed by atoms with Crippen LogP contribution in [0.5, 0.6) is 0 Å². The lowest BCUT2D eigenvalue weighted by atomic mass is 10.0. The number of amides is 1. The van der Waals surface area contributed by atoms with Crippen molar-refractivity contribution in [2.75, 3.05) is 13.2 Å². The van der Waals surface area contributed by atoms with E-state index < -0.39 is 12.1 Å².